The highest BCUT2D eigenvalue weighted by Gasteiger charge is 2.23. The van der Waals surface area contributed by atoms with E-state index in [1.54, 1.807) is 18.4 Å². The SMILES string of the molecule is CNC(=O)CCN(C)C(c1sccc1C)C(C)N. The van der Waals surface area contributed by atoms with Crippen molar-refractivity contribution in [2.45, 2.75) is 32.4 Å². The number of hydrogen-bond donors (Lipinski definition) is 2. The quantitative estimate of drug-likeness (QED) is 0.823. The molecule has 1 aromatic heterocycles. The number of carbonyl (C=O) groups excluding carboxylic acids is 1. The van der Waals surface area contributed by atoms with Crippen molar-refractivity contribution in [2.24, 2.45) is 5.73 Å². The lowest BCUT2D eigenvalue weighted by molar-refractivity contribution is -0.121. The molecule has 0 saturated heterocycles. The molecular weight excluding hydrogens is 246 g/mol. The van der Waals surface area contributed by atoms with Gasteiger partial charge in [-0.05, 0) is 37.9 Å². The number of aryl methyl sites for hydroxylation is 1. The maximum atomic E-state index is 11.3. The highest BCUT2D eigenvalue weighted by atomic mass is 32.1. The number of carbonyl (C=O) groups is 1. The molecule has 0 aromatic carbocycles. The van der Waals surface area contributed by atoms with E-state index < -0.39 is 0 Å². The smallest absolute Gasteiger partial charge is 0.221 e. The molecule has 0 spiro atoms. The Hall–Kier alpha value is -0.910. The van der Waals surface area contributed by atoms with Crippen LogP contribution >= 0.6 is 11.3 Å². The molecule has 2 atom stereocenters. The van der Waals surface area contributed by atoms with E-state index in [1.165, 1.54) is 10.4 Å². The lowest BCUT2D eigenvalue weighted by Gasteiger charge is -2.30. The third-order valence-electron chi connectivity index (χ3n) is 3.11. The minimum absolute atomic E-state index is 0.0389. The van der Waals surface area contributed by atoms with E-state index in [4.69, 9.17) is 5.73 Å². The lowest BCUT2D eigenvalue weighted by atomic mass is 10.0. The van der Waals surface area contributed by atoms with Gasteiger partial charge in [-0.1, -0.05) is 0 Å². The fourth-order valence-corrected chi connectivity index (χ4v) is 3.28. The largest absolute Gasteiger partial charge is 0.359 e. The van der Waals surface area contributed by atoms with Crippen molar-refractivity contribution in [3.05, 3.63) is 21.9 Å². The van der Waals surface area contributed by atoms with E-state index in [2.05, 4.69) is 28.6 Å². The van der Waals surface area contributed by atoms with E-state index in [9.17, 15) is 4.79 Å². The van der Waals surface area contributed by atoms with Crippen LogP contribution < -0.4 is 11.1 Å². The third kappa shape index (κ3) is 3.80. The fraction of sp³-hybridized carbons (Fsp3) is 0.615. The highest BCUT2D eigenvalue weighted by Crippen LogP contribution is 2.29. The van der Waals surface area contributed by atoms with Crippen LogP contribution in [-0.4, -0.2) is 37.5 Å². The second kappa shape index (κ2) is 6.87. The van der Waals surface area contributed by atoms with E-state index in [0.29, 0.717) is 13.0 Å². The van der Waals surface area contributed by atoms with Crippen LogP contribution in [0.3, 0.4) is 0 Å². The molecule has 102 valence electrons. The summed E-state index contributed by atoms with van der Waals surface area (Å²) in [7, 11) is 3.69. The van der Waals surface area contributed by atoms with Crippen LogP contribution in [0.5, 0.6) is 0 Å². The van der Waals surface area contributed by atoms with Gasteiger partial charge < -0.3 is 11.1 Å². The van der Waals surface area contributed by atoms with E-state index in [-0.39, 0.29) is 18.0 Å². The first-order chi connectivity index (χ1) is 8.47. The summed E-state index contributed by atoms with van der Waals surface area (Å²) >= 11 is 1.73. The van der Waals surface area contributed by atoms with Gasteiger partial charge in [-0.15, -0.1) is 11.3 Å². The number of amides is 1. The second-order valence-corrected chi connectivity index (χ2v) is 5.62. The van der Waals surface area contributed by atoms with Crippen molar-refractivity contribution in [3.8, 4) is 0 Å². The first-order valence-corrected chi connectivity index (χ1v) is 7.05. The molecule has 1 rings (SSSR count). The van der Waals surface area contributed by atoms with Crippen molar-refractivity contribution in [3.63, 3.8) is 0 Å². The second-order valence-electron chi connectivity index (χ2n) is 4.68. The topological polar surface area (TPSA) is 58.4 Å². The number of rotatable bonds is 6. The molecule has 0 bridgehead atoms. The van der Waals surface area contributed by atoms with Gasteiger partial charge in [0.1, 0.15) is 0 Å². The van der Waals surface area contributed by atoms with Crippen LogP contribution in [0.25, 0.3) is 0 Å². The molecule has 0 aliphatic heterocycles. The van der Waals surface area contributed by atoms with Gasteiger partial charge in [0.05, 0.1) is 6.04 Å². The van der Waals surface area contributed by atoms with Gasteiger partial charge in [0, 0.05) is 30.9 Å². The molecule has 4 nitrogen and oxygen atoms in total. The summed E-state index contributed by atoms with van der Waals surface area (Å²) in [4.78, 5) is 14.8. The maximum Gasteiger partial charge on any atom is 0.221 e. The Balaban J connectivity index is 2.74. The van der Waals surface area contributed by atoms with Crippen LogP contribution in [0.4, 0.5) is 0 Å². The molecule has 0 aliphatic carbocycles. The van der Waals surface area contributed by atoms with E-state index in [1.807, 2.05) is 14.0 Å². The Morgan fingerprint density at radius 1 is 1.61 bits per heavy atom. The van der Waals surface area contributed by atoms with Crippen molar-refractivity contribution >= 4 is 17.2 Å². The molecule has 5 heteroatoms. The van der Waals surface area contributed by atoms with Gasteiger partial charge in [0.2, 0.25) is 5.91 Å². The van der Waals surface area contributed by atoms with Crippen LogP contribution in [0.15, 0.2) is 11.4 Å². The normalized spacial score (nSPS) is 14.6. The van der Waals surface area contributed by atoms with Crippen molar-refractivity contribution in [1.29, 1.82) is 0 Å². The summed E-state index contributed by atoms with van der Waals surface area (Å²) in [5, 5.41) is 4.73. The van der Waals surface area contributed by atoms with E-state index in [0.717, 1.165) is 0 Å². The first-order valence-electron chi connectivity index (χ1n) is 6.17. The summed E-state index contributed by atoms with van der Waals surface area (Å²) in [6, 6.07) is 2.33. The molecule has 1 aromatic rings. The number of nitrogens with one attached hydrogen (secondary N) is 1. The van der Waals surface area contributed by atoms with Gasteiger partial charge in [0.15, 0.2) is 0 Å². The van der Waals surface area contributed by atoms with Gasteiger partial charge in [-0.3, -0.25) is 9.69 Å². The highest BCUT2D eigenvalue weighted by molar-refractivity contribution is 7.10. The summed E-state index contributed by atoms with van der Waals surface area (Å²) in [6.07, 6.45) is 0.501. The minimum atomic E-state index is 0.0389. The zero-order chi connectivity index (χ0) is 13.7. The summed E-state index contributed by atoms with van der Waals surface area (Å²) < 4.78 is 0. The van der Waals surface area contributed by atoms with E-state index >= 15 is 0 Å². The maximum absolute atomic E-state index is 11.3. The zero-order valence-corrected chi connectivity index (χ0v) is 12.4. The molecule has 0 saturated carbocycles. The van der Waals surface area contributed by atoms with Gasteiger partial charge in [-0.2, -0.15) is 0 Å². The van der Waals surface area contributed by atoms with Crippen LogP contribution in [0, 0.1) is 6.92 Å². The molecule has 0 fully saturated rings. The number of hydrogen-bond acceptors (Lipinski definition) is 4. The Bertz CT molecular complexity index is 389. The summed E-state index contributed by atoms with van der Waals surface area (Å²) in [5.41, 5.74) is 7.37. The summed E-state index contributed by atoms with van der Waals surface area (Å²) in [6.45, 7) is 4.83. The van der Waals surface area contributed by atoms with Crippen LogP contribution in [-0.2, 0) is 4.79 Å². The van der Waals surface area contributed by atoms with Crippen LogP contribution in [0.2, 0.25) is 0 Å². The van der Waals surface area contributed by atoms with Crippen molar-refractivity contribution in [1.82, 2.24) is 10.2 Å². The molecular formula is C13H23N3OS. The predicted octanol–water partition coefficient (Wildman–Crippen LogP) is 1.51. The van der Waals surface area contributed by atoms with Gasteiger partial charge in [-0.25, -0.2) is 0 Å². The molecule has 18 heavy (non-hydrogen) atoms. The molecule has 0 radical (unpaired) electrons. The zero-order valence-electron chi connectivity index (χ0n) is 11.6. The third-order valence-corrected chi connectivity index (χ3v) is 4.20. The standard InChI is InChI=1S/C13H23N3OS/c1-9-6-8-18-13(9)12(10(2)14)16(4)7-5-11(17)15-3/h6,8,10,12H,5,7,14H2,1-4H3,(H,15,17). The van der Waals surface area contributed by atoms with Crippen LogP contribution in [0.1, 0.15) is 29.8 Å². The number of nitrogens with two attached hydrogens (primary N) is 1. The Morgan fingerprint density at radius 2 is 2.28 bits per heavy atom. The fourth-order valence-electron chi connectivity index (χ4n) is 2.07. The number of likely N-dealkylation sites (N-methyl/N-ethyl adjacent to an activating group) is 1. The number of thiophene rings is 1. The minimum Gasteiger partial charge on any atom is -0.359 e. The average Bonchev–Trinajstić information content (AvgIpc) is 2.72. The van der Waals surface area contributed by atoms with Gasteiger partial charge >= 0.3 is 0 Å². The predicted molar refractivity (Wildman–Crippen MR) is 76.8 cm³/mol. The molecule has 0 aliphatic rings. The molecule has 1 heterocycles. The van der Waals surface area contributed by atoms with Crippen molar-refractivity contribution in [2.75, 3.05) is 20.6 Å². The summed E-state index contributed by atoms with van der Waals surface area (Å²) in [5.74, 6) is 0.0631. The van der Waals surface area contributed by atoms with Gasteiger partial charge in [0.25, 0.3) is 0 Å². The number of nitrogens with zero attached hydrogens (tertiary/aromatic N) is 1. The monoisotopic (exact) mass is 269 g/mol. The first kappa shape index (κ1) is 15.1. The molecule has 2 unspecified atom stereocenters. The Kier molecular flexibility index (Phi) is 5.78. The van der Waals surface area contributed by atoms with Crippen molar-refractivity contribution < 1.29 is 4.79 Å². The molecule has 3 N–H and O–H groups in total. The lowest BCUT2D eigenvalue weighted by Crippen LogP contribution is -2.38. The Labute approximate surface area is 113 Å². The average molecular weight is 269 g/mol. The Morgan fingerprint density at radius 3 is 2.72 bits per heavy atom. The molecule has 1 amide bonds.